The molecule has 4 nitrogen and oxygen atoms in total. The zero-order valence-electron chi connectivity index (χ0n) is 10.2. The van der Waals surface area contributed by atoms with Gasteiger partial charge in [-0.2, -0.15) is 0 Å². The van der Waals surface area contributed by atoms with E-state index in [0.717, 1.165) is 22.5 Å². The molecule has 3 rings (SSSR count). The maximum absolute atomic E-state index is 6.01. The van der Waals surface area contributed by atoms with E-state index >= 15 is 0 Å². The van der Waals surface area contributed by atoms with Crippen LogP contribution in [-0.4, -0.2) is 5.16 Å². The fourth-order valence-corrected chi connectivity index (χ4v) is 2.23. The van der Waals surface area contributed by atoms with E-state index in [2.05, 4.69) is 5.16 Å². The molecule has 1 aromatic carbocycles. The summed E-state index contributed by atoms with van der Waals surface area (Å²) in [4.78, 5) is 0. The van der Waals surface area contributed by atoms with Gasteiger partial charge in [-0.15, -0.1) is 0 Å². The number of rotatable bonds is 2. The Bertz CT molecular complexity index is 731. The lowest BCUT2D eigenvalue weighted by Gasteiger charge is -2.02. The number of hydrogen-bond acceptors (Lipinski definition) is 4. The van der Waals surface area contributed by atoms with Crippen molar-refractivity contribution >= 4 is 17.5 Å². The third kappa shape index (κ3) is 2.00. The van der Waals surface area contributed by atoms with Crippen LogP contribution in [0.5, 0.6) is 0 Å². The highest BCUT2D eigenvalue weighted by atomic mass is 35.5. The first-order valence-corrected chi connectivity index (χ1v) is 6.10. The minimum Gasteiger partial charge on any atom is -0.469 e. The quantitative estimate of drug-likeness (QED) is 0.762. The predicted molar refractivity (Wildman–Crippen MR) is 73.8 cm³/mol. The van der Waals surface area contributed by atoms with Crippen LogP contribution in [0.1, 0.15) is 5.76 Å². The number of nitrogens with two attached hydrogens (primary N) is 1. The first-order valence-electron chi connectivity index (χ1n) is 5.72. The van der Waals surface area contributed by atoms with Gasteiger partial charge in [0.1, 0.15) is 11.5 Å². The molecule has 5 heteroatoms. The lowest BCUT2D eigenvalue weighted by molar-refractivity contribution is 0.439. The lowest BCUT2D eigenvalue weighted by Crippen LogP contribution is -1.87. The van der Waals surface area contributed by atoms with Crippen molar-refractivity contribution in [2.75, 3.05) is 5.73 Å². The lowest BCUT2D eigenvalue weighted by atomic mass is 10.0. The van der Waals surface area contributed by atoms with Crippen LogP contribution in [0.2, 0.25) is 5.02 Å². The van der Waals surface area contributed by atoms with Crippen molar-refractivity contribution in [3.8, 4) is 22.4 Å². The highest BCUT2D eigenvalue weighted by Crippen LogP contribution is 2.38. The first kappa shape index (κ1) is 11.9. The van der Waals surface area contributed by atoms with Crippen LogP contribution in [-0.2, 0) is 0 Å². The fraction of sp³-hybridized carbons (Fsp3) is 0.0714. The summed E-state index contributed by atoms with van der Waals surface area (Å²) in [6.07, 6.45) is 1.61. The summed E-state index contributed by atoms with van der Waals surface area (Å²) in [5.41, 5.74) is 8.98. The summed E-state index contributed by atoms with van der Waals surface area (Å²) in [5, 5.41) is 4.65. The molecule has 0 aliphatic carbocycles. The smallest absolute Gasteiger partial charge is 0.230 e. The summed E-state index contributed by atoms with van der Waals surface area (Å²) < 4.78 is 10.4. The van der Waals surface area contributed by atoms with Crippen LogP contribution in [0.15, 0.2) is 45.5 Å². The van der Waals surface area contributed by atoms with E-state index in [0.29, 0.717) is 10.7 Å². The van der Waals surface area contributed by atoms with E-state index in [1.54, 1.807) is 12.3 Å². The molecule has 2 heterocycles. The van der Waals surface area contributed by atoms with Gasteiger partial charge in [0.2, 0.25) is 5.88 Å². The highest BCUT2D eigenvalue weighted by molar-refractivity contribution is 6.30. The van der Waals surface area contributed by atoms with Gasteiger partial charge >= 0.3 is 0 Å². The van der Waals surface area contributed by atoms with Gasteiger partial charge in [0.25, 0.3) is 0 Å². The second-order valence-electron chi connectivity index (χ2n) is 4.17. The van der Waals surface area contributed by atoms with Gasteiger partial charge in [-0.25, -0.2) is 0 Å². The molecule has 0 spiro atoms. The number of aromatic nitrogens is 1. The van der Waals surface area contributed by atoms with Crippen LogP contribution < -0.4 is 5.73 Å². The Morgan fingerprint density at radius 2 is 2.11 bits per heavy atom. The van der Waals surface area contributed by atoms with Crippen LogP contribution in [0.4, 0.5) is 5.88 Å². The topological polar surface area (TPSA) is 65.2 Å². The summed E-state index contributed by atoms with van der Waals surface area (Å²) in [6, 6.07) is 9.23. The van der Waals surface area contributed by atoms with Gasteiger partial charge in [-0.05, 0) is 30.7 Å². The highest BCUT2D eigenvalue weighted by Gasteiger charge is 2.20. The molecule has 0 aliphatic rings. The predicted octanol–water partition coefficient (Wildman–Crippen LogP) is 4.15. The molecule has 2 aromatic heterocycles. The largest absolute Gasteiger partial charge is 0.469 e. The Morgan fingerprint density at radius 1 is 1.26 bits per heavy atom. The number of nitrogens with zero attached hydrogens (tertiary/aromatic N) is 1. The standard InChI is InChI=1S/C14H11ClN2O2/c1-8-11(5-6-18-8)13-12(14(16)19-17-13)9-3-2-4-10(15)7-9/h2-7H,16H2,1H3. The first-order chi connectivity index (χ1) is 9.16. The molecular weight excluding hydrogens is 264 g/mol. The molecule has 0 radical (unpaired) electrons. The summed E-state index contributed by atoms with van der Waals surface area (Å²) in [7, 11) is 0. The van der Waals surface area contributed by atoms with Crippen molar-refractivity contribution in [1.29, 1.82) is 0 Å². The second-order valence-corrected chi connectivity index (χ2v) is 4.61. The van der Waals surface area contributed by atoms with E-state index in [9.17, 15) is 0 Å². The van der Waals surface area contributed by atoms with E-state index in [-0.39, 0.29) is 5.88 Å². The molecule has 0 saturated heterocycles. The Labute approximate surface area is 114 Å². The normalized spacial score (nSPS) is 10.8. The fourth-order valence-electron chi connectivity index (χ4n) is 2.04. The maximum Gasteiger partial charge on any atom is 0.230 e. The summed E-state index contributed by atoms with van der Waals surface area (Å²) in [5.74, 6) is 1.02. The number of hydrogen-bond donors (Lipinski definition) is 1. The Morgan fingerprint density at radius 3 is 2.79 bits per heavy atom. The van der Waals surface area contributed by atoms with Gasteiger partial charge in [0, 0.05) is 10.6 Å². The Hall–Kier alpha value is -2.20. The molecule has 0 saturated carbocycles. The van der Waals surface area contributed by atoms with E-state index < -0.39 is 0 Å². The maximum atomic E-state index is 6.01. The third-order valence-corrected chi connectivity index (χ3v) is 3.18. The van der Waals surface area contributed by atoms with Crippen molar-refractivity contribution in [2.24, 2.45) is 0 Å². The monoisotopic (exact) mass is 274 g/mol. The molecule has 3 aromatic rings. The van der Waals surface area contributed by atoms with Crippen molar-refractivity contribution in [3.05, 3.63) is 47.4 Å². The number of halogens is 1. The third-order valence-electron chi connectivity index (χ3n) is 2.95. The minimum atomic E-state index is 0.262. The van der Waals surface area contributed by atoms with E-state index in [4.69, 9.17) is 26.3 Å². The SMILES string of the molecule is Cc1occc1-c1noc(N)c1-c1cccc(Cl)c1. The van der Waals surface area contributed by atoms with Gasteiger partial charge in [0.15, 0.2) is 0 Å². The number of nitrogen functional groups attached to an aromatic ring is 1. The van der Waals surface area contributed by atoms with Crippen LogP contribution in [0.25, 0.3) is 22.4 Å². The molecule has 0 unspecified atom stereocenters. The summed E-state index contributed by atoms with van der Waals surface area (Å²) >= 11 is 6.01. The summed E-state index contributed by atoms with van der Waals surface area (Å²) in [6.45, 7) is 1.86. The number of furan rings is 1. The van der Waals surface area contributed by atoms with Crippen LogP contribution >= 0.6 is 11.6 Å². The molecule has 96 valence electrons. The molecule has 0 bridgehead atoms. The second kappa shape index (κ2) is 4.48. The average molecular weight is 275 g/mol. The van der Waals surface area contributed by atoms with Gasteiger partial charge in [-0.1, -0.05) is 28.9 Å². The van der Waals surface area contributed by atoms with E-state index in [1.807, 2.05) is 31.2 Å². The van der Waals surface area contributed by atoms with Crippen molar-refractivity contribution in [1.82, 2.24) is 5.16 Å². The molecular formula is C14H11ClN2O2. The molecule has 2 N–H and O–H groups in total. The van der Waals surface area contributed by atoms with Crippen LogP contribution in [0.3, 0.4) is 0 Å². The van der Waals surface area contributed by atoms with Crippen molar-refractivity contribution < 1.29 is 8.94 Å². The molecule has 19 heavy (non-hydrogen) atoms. The zero-order valence-corrected chi connectivity index (χ0v) is 10.9. The molecule has 0 fully saturated rings. The van der Waals surface area contributed by atoms with Crippen molar-refractivity contribution in [2.45, 2.75) is 6.92 Å². The Balaban J connectivity index is 2.22. The van der Waals surface area contributed by atoms with E-state index in [1.165, 1.54) is 0 Å². The molecule has 0 amide bonds. The van der Waals surface area contributed by atoms with Crippen LogP contribution in [0, 0.1) is 6.92 Å². The van der Waals surface area contributed by atoms with Crippen molar-refractivity contribution in [3.63, 3.8) is 0 Å². The number of anilines is 1. The average Bonchev–Trinajstić information content (AvgIpc) is 2.95. The zero-order chi connectivity index (χ0) is 13.4. The Kier molecular flexibility index (Phi) is 2.80. The minimum absolute atomic E-state index is 0.262. The van der Waals surface area contributed by atoms with Gasteiger partial charge in [-0.3, -0.25) is 0 Å². The molecule has 0 atom stereocenters. The number of aryl methyl sites for hydroxylation is 1. The number of benzene rings is 1. The van der Waals surface area contributed by atoms with Gasteiger partial charge < -0.3 is 14.7 Å². The molecule has 0 aliphatic heterocycles. The van der Waals surface area contributed by atoms with Gasteiger partial charge in [0.05, 0.1) is 11.8 Å².